The van der Waals surface area contributed by atoms with Gasteiger partial charge >= 0.3 is 0 Å². The Morgan fingerprint density at radius 1 is 1.00 bits per heavy atom. The van der Waals surface area contributed by atoms with Crippen LogP contribution >= 0.6 is 11.6 Å². The van der Waals surface area contributed by atoms with Crippen molar-refractivity contribution in [2.24, 2.45) is 0 Å². The Bertz CT molecular complexity index is 752. The molecule has 0 saturated heterocycles. The van der Waals surface area contributed by atoms with Gasteiger partial charge in [-0.25, -0.2) is 0 Å². The third-order valence-electron chi connectivity index (χ3n) is 3.19. The molecule has 0 aliphatic rings. The Balaban J connectivity index is 1.93. The maximum absolute atomic E-state index is 12.2. The summed E-state index contributed by atoms with van der Waals surface area (Å²) in [6, 6.07) is 13.9. The quantitative estimate of drug-likeness (QED) is 0.757. The molecule has 0 aromatic heterocycles. The van der Waals surface area contributed by atoms with E-state index in [0.717, 1.165) is 5.69 Å². The molecule has 2 aromatic rings. The first-order chi connectivity index (χ1) is 11.7. The van der Waals surface area contributed by atoms with Crippen LogP contribution in [0.4, 0.5) is 11.4 Å². The molecule has 5 nitrogen and oxygen atoms in total. The summed E-state index contributed by atoms with van der Waals surface area (Å²) in [5.41, 5.74) is 1.56. The smallest absolute Gasteiger partial charge is 0.251 e. The standard InChI is InChI=1S/C19H22ClN3O2/c1-19(2,3)23-18(25)13-5-4-6-16(11-13)22-17(24)12-21-15-9-7-14(20)8-10-15/h4-11,21H,12H2,1-3H3,(H,22,24)(H,23,25). The van der Waals surface area contributed by atoms with E-state index in [-0.39, 0.29) is 23.9 Å². The van der Waals surface area contributed by atoms with E-state index in [1.54, 1.807) is 48.5 Å². The highest BCUT2D eigenvalue weighted by Gasteiger charge is 2.15. The van der Waals surface area contributed by atoms with Crippen LogP contribution in [0, 0.1) is 0 Å². The molecule has 2 aromatic carbocycles. The second-order valence-corrected chi connectivity index (χ2v) is 7.13. The van der Waals surface area contributed by atoms with Gasteiger partial charge < -0.3 is 16.0 Å². The van der Waals surface area contributed by atoms with Crippen LogP contribution in [-0.4, -0.2) is 23.9 Å². The highest BCUT2D eigenvalue weighted by atomic mass is 35.5. The van der Waals surface area contributed by atoms with Gasteiger partial charge in [-0.05, 0) is 63.2 Å². The molecule has 0 heterocycles. The Morgan fingerprint density at radius 3 is 2.32 bits per heavy atom. The van der Waals surface area contributed by atoms with Gasteiger partial charge in [-0.15, -0.1) is 0 Å². The number of hydrogen-bond donors (Lipinski definition) is 3. The van der Waals surface area contributed by atoms with Gasteiger partial charge in [-0.2, -0.15) is 0 Å². The van der Waals surface area contributed by atoms with Crippen LogP contribution in [0.2, 0.25) is 5.02 Å². The van der Waals surface area contributed by atoms with Crippen LogP contribution in [-0.2, 0) is 4.79 Å². The normalized spacial score (nSPS) is 10.9. The molecule has 25 heavy (non-hydrogen) atoms. The summed E-state index contributed by atoms with van der Waals surface area (Å²) < 4.78 is 0. The van der Waals surface area contributed by atoms with Gasteiger partial charge in [-0.3, -0.25) is 9.59 Å². The number of halogens is 1. The molecule has 0 saturated carbocycles. The summed E-state index contributed by atoms with van der Waals surface area (Å²) in [5.74, 6) is -0.383. The summed E-state index contributed by atoms with van der Waals surface area (Å²) in [6.45, 7) is 5.86. The van der Waals surface area contributed by atoms with E-state index < -0.39 is 0 Å². The van der Waals surface area contributed by atoms with E-state index in [1.807, 2.05) is 20.8 Å². The van der Waals surface area contributed by atoms with Gasteiger partial charge in [0.1, 0.15) is 0 Å². The minimum absolute atomic E-state index is 0.111. The van der Waals surface area contributed by atoms with Crippen LogP contribution in [0.1, 0.15) is 31.1 Å². The number of carbonyl (C=O) groups excluding carboxylic acids is 2. The molecule has 2 rings (SSSR count). The lowest BCUT2D eigenvalue weighted by atomic mass is 10.1. The third-order valence-corrected chi connectivity index (χ3v) is 3.45. The van der Waals surface area contributed by atoms with Gasteiger partial charge in [-0.1, -0.05) is 17.7 Å². The first-order valence-electron chi connectivity index (χ1n) is 7.95. The van der Waals surface area contributed by atoms with E-state index in [9.17, 15) is 9.59 Å². The molecule has 0 fully saturated rings. The van der Waals surface area contributed by atoms with Crippen LogP contribution in [0.3, 0.4) is 0 Å². The molecule has 0 unspecified atom stereocenters. The lowest BCUT2D eigenvalue weighted by Gasteiger charge is -2.20. The summed E-state index contributed by atoms with van der Waals surface area (Å²) in [5, 5.41) is 9.32. The average Bonchev–Trinajstić information content (AvgIpc) is 2.53. The van der Waals surface area contributed by atoms with Crippen molar-refractivity contribution < 1.29 is 9.59 Å². The van der Waals surface area contributed by atoms with Gasteiger partial charge in [0.05, 0.1) is 6.54 Å². The van der Waals surface area contributed by atoms with E-state index >= 15 is 0 Å². The Labute approximate surface area is 152 Å². The highest BCUT2D eigenvalue weighted by Crippen LogP contribution is 2.14. The molecule has 132 valence electrons. The van der Waals surface area contributed by atoms with Gasteiger partial charge in [0.2, 0.25) is 5.91 Å². The van der Waals surface area contributed by atoms with E-state index in [2.05, 4.69) is 16.0 Å². The Morgan fingerprint density at radius 2 is 1.68 bits per heavy atom. The Hall–Kier alpha value is -2.53. The lowest BCUT2D eigenvalue weighted by molar-refractivity contribution is -0.114. The maximum atomic E-state index is 12.2. The summed E-state index contributed by atoms with van der Waals surface area (Å²) in [4.78, 5) is 24.3. The molecule has 3 N–H and O–H groups in total. The average molecular weight is 360 g/mol. The van der Waals surface area contributed by atoms with Crippen LogP contribution in [0.5, 0.6) is 0 Å². The zero-order chi connectivity index (χ0) is 18.4. The predicted octanol–water partition coefficient (Wildman–Crippen LogP) is 3.92. The second-order valence-electron chi connectivity index (χ2n) is 6.69. The van der Waals surface area contributed by atoms with Crippen molar-refractivity contribution in [3.63, 3.8) is 0 Å². The zero-order valence-corrected chi connectivity index (χ0v) is 15.3. The molecule has 0 bridgehead atoms. The fraction of sp³-hybridized carbons (Fsp3) is 0.263. The predicted molar refractivity (Wildman–Crippen MR) is 102 cm³/mol. The van der Waals surface area contributed by atoms with Crippen molar-refractivity contribution in [2.75, 3.05) is 17.2 Å². The fourth-order valence-electron chi connectivity index (χ4n) is 2.11. The fourth-order valence-corrected chi connectivity index (χ4v) is 2.23. The molecular formula is C19H22ClN3O2. The van der Waals surface area contributed by atoms with Gasteiger partial charge in [0, 0.05) is 27.5 Å². The van der Waals surface area contributed by atoms with Gasteiger partial charge in [0.25, 0.3) is 5.91 Å². The summed E-state index contributed by atoms with van der Waals surface area (Å²) >= 11 is 5.82. The second kappa shape index (κ2) is 8.03. The molecule has 0 atom stereocenters. The van der Waals surface area contributed by atoms with Gasteiger partial charge in [0.15, 0.2) is 0 Å². The largest absolute Gasteiger partial charge is 0.376 e. The molecule has 2 amide bonds. The number of rotatable bonds is 5. The minimum Gasteiger partial charge on any atom is -0.376 e. The van der Waals surface area contributed by atoms with Crippen molar-refractivity contribution >= 4 is 34.8 Å². The number of benzene rings is 2. The van der Waals surface area contributed by atoms with Crippen molar-refractivity contribution in [2.45, 2.75) is 26.3 Å². The van der Waals surface area contributed by atoms with Crippen molar-refractivity contribution in [3.8, 4) is 0 Å². The van der Waals surface area contributed by atoms with Crippen LogP contribution in [0.25, 0.3) is 0 Å². The van der Waals surface area contributed by atoms with Crippen molar-refractivity contribution in [1.29, 1.82) is 0 Å². The van der Waals surface area contributed by atoms with E-state index in [1.165, 1.54) is 0 Å². The van der Waals surface area contributed by atoms with Crippen LogP contribution in [0.15, 0.2) is 48.5 Å². The number of hydrogen-bond acceptors (Lipinski definition) is 3. The van der Waals surface area contributed by atoms with Crippen molar-refractivity contribution in [3.05, 3.63) is 59.1 Å². The first kappa shape index (κ1) is 18.8. The topological polar surface area (TPSA) is 70.2 Å². The van der Waals surface area contributed by atoms with E-state index in [4.69, 9.17) is 11.6 Å². The lowest BCUT2D eigenvalue weighted by Crippen LogP contribution is -2.40. The minimum atomic E-state index is -0.321. The molecule has 0 aliphatic carbocycles. The number of amides is 2. The zero-order valence-electron chi connectivity index (χ0n) is 14.5. The molecular weight excluding hydrogens is 338 g/mol. The number of carbonyl (C=O) groups is 2. The van der Waals surface area contributed by atoms with Crippen LogP contribution < -0.4 is 16.0 Å². The first-order valence-corrected chi connectivity index (χ1v) is 8.33. The number of nitrogens with one attached hydrogen (secondary N) is 3. The van der Waals surface area contributed by atoms with E-state index in [0.29, 0.717) is 16.3 Å². The molecule has 0 radical (unpaired) electrons. The SMILES string of the molecule is CC(C)(C)NC(=O)c1cccc(NC(=O)CNc2ccc(Cl)cc2)c1. The highest BCUT2D eigenvalue weighted by molar-refractivity contribution is 6.30. The maximum Gasteiger partial charge on any atom is 0.251 e. The Kier molecular flexibility index (Phi) is 6.04. The monoisotopic (exact) mass is 359 g/mol. The molecule has 0 spiro atoms. The van der Waals surface area contributed by atoms with Crippen molar-refractivity contribution in [1.82, 2.24) is 5.32 Å². The summed E-state index contributed by atoms with van der Waals surface area (Å²) in [6.07, 6.45) is 0. The molecule has 0 aliphatic heterocycles. The third kappa shape index (κ3) is 6.47. The summed E-state index contributed by atoms with van der Waals surface area (Å²) in [7, 11) is 0. The number of anilines is 2. The molecule has 6 heteroatoms.